The molecule has 2 amide bonds. The zero-order valence-electron chi connectivity index (χ0n) is 20.5. The van der Waals surface area contributed by atoms with Gasteiger partial charge in [-0.05, 0) is 53.1 Å². The smallest absolute Gasteiger partial charge is 0.303 e. The number of para-hydroxylation sites is 1. The Morgan fingerprint density at radius 3 is 2.63 bits per heavy atom. The molecule has 0 aromatic heterocycles. The summed E-state index contributed by atoms with van der Waals surface area (Å²) in [6.07, 6.45) is 5.61. The van der Waals surface area contributed by atoms with Crippen molar-refractivity contribution in [1.29, 1.82) is 0 Å². The van der Waals surface area contributed by atoms with Crippen LogP contribution in [0.25, 0.3) is 0 Å². The van der Waals surface area contributed by atoms with Crippen molar-refractivity contribution >= 4 is 45.3 Å². The molecule has 38 heavy (non-hydrogen) atoms. The first-order valence-electron chi connectivity index (χ1n) is 12.5. The summed E-state index contributed by atoms with van der Waals surface area (Å²) in [7, 11) is 0. The molecular weight excluding hydrogens is 554 g/mol. The molecule has 1 heterocycles. The number of phenols is 1. The standard InChI is InChI=1S/C29H26BrNO7/c1-2-5-14-6-3-7-16(26(14)35)23-15-9-10-17-24(29(38)31(28(17)37)11-4-8-22(33)34)18(15)12-19-25(23)21(32)13-20(30)27(19)36/h2-3,6-7,9,13,17-18,23-24,35H,1,4-5,8,10-12H2,(H,33,34). The highest BCUT2D eigenvalue weighted by atomic mass is 79.9. The highest BCUT2D eigenvalue weighted by Gasteiger charge is 2.56. The van der Waals surface area contributed by atoms with Gasteiger partial charge >= 0.3 is 5.97 Å². The number of hydrogen-bond donors (Lipinski definition) is 2. The molecule has 1 aromatic rings. The number of ketones is 2. The third-order valence-electron chi connectivity index (χ3n) is 8.02. The second-order valence-electron chi connectivity index (χ2n) is 10.1. The van der Waals surface area contributed by atoms with Gasteiger partial charge in [0.1, 0.15) is 5.75 Å². The minimum Gasteiger partial charge on any atom is -0.507 e. The second-order valence-corrected chi connectivity index (χ2v) is 10.9. The summed E-state index contributed by atoms with van der Waals surface area (Å²) in [4.78, 5) is 65.5. The number of nitrogens with zero attached hydrogens (tertiary/aromatic N) is 1. The number of carbonyl (C=O) groups excluding carboxylic acids is 4. The first kappa shape index (κ1) is 26.0. The number of imide groups is 1. The lowest BCUT2D eigenvalue weighted by molar-refractivity contribution is -0.142. The summed E-state index contributed by atoms with van der Waals surface area (Å²) in [5, 5.41) is 20.2. The van der Waals surface area contributed by atoms with Crippen LogP contribution in [0.5, 0.6) is 5.75 Å². The Labute approximate surface area is 227 Å². The quantitative estimate of drug-likeness (QED) is 0.286. The van der Waals surface area contributed by atoms with Crippen molar-refractivity contribution in [3.63, 3.8) is 0 Å². The maximum Gasteiger partial charge on any atom is 0.303 e. The Kier molecular flexibility index (Phi) is 6.81. The number of phenolic OH excluding ortho intramolecular Hbond substituents is 1. The molecule has 0 saturated carbocycles. The van der Waals surface area contributed by atoms with Gasteiger partial charge in [0.15, 0.2) is 11.6 Å². The molecule has 1 aromatic carbocycles. The summed E-state index contributed by atoms with van der Waals surface area (Å²) in [5.41, 5.74) is 2.42. The van der Waals surface area contributed by atoms with E-state index in [1.807, 2.05) is 6.08 Å². The van der Waals surface area contributed by atoms with Gasteiger partial charge in [-0.25, -0.2) is 0 Å². The van der Waals surface area contributed by atoms with Crippen LogP contribution in [0, 0.1) is 17.8 Å². The Morgan fingerprint density at radius 1 is 1.16 bits per heavy atom. The van der Waals surface area contributed by atoms with Crippen LogP contribution >= 0.6 is 15.9 Å². The lowest BCUT2D eigenvalue weighted by atomic mass is 9.59. The summed E-state index contributed by atoms with van der Waals surface area (Å²) >= 11 is 3.20. The summed E-state index contributed by atoms with van der Waals surface area (Å²) in [6.45, 7) is 3.76. The molecule has 3 aliphatic carbocycles. The van der Waals surface area contributed by atoms with Gasteiger partial charge < -0.3 is 10.2 Å². The number of fused-ring (bicyclic) bond motifs is 3. The van der Waals surface area contributed by atoms with Gasteiger partial charge in [-0.15, -0.1) is 6.58 Å². The maximum atomic E-state index is 13.6. The fraction of sp³-hybridized carbons (Fsp3) is 0.345. The number of hydrogen-bond acceptors (Lipinski definition) is 6. The first-order valence-corrected chi connectivity index (χ1v) is 13.3. The number of amides is 2. The predicted molar refractivity (Wildman–Crippen MR) is 140 cm³/mol. The van der Waals surface area contributed by atoms with E-state index in [4.69, 9.17) is 5.11 Å². The highest BCUT2D eigenvalue weighted by molar-refractivity contribution is 9.12. The predicted octanol–water partition coefficient (Wildman–Crippen LogP) is 3.75. The van der Waals surface area contributed by atoms with Crippen molar-refractivity contribution in [2.75, 3.05) is 6.54 Å². The number of aromatic hydroxyl groups is 1. The molecule has 1 fully saturated rings. The molecule has 4 unspecified atom stereocenters. The average molecular weight is 580 g/mol. The molecular formula is C29H26BrNO7. The van der Waals surface area contributed by atoms with E-state index in [9.17, 15) is 29.1 Å². The molecule has 196 valence electrons. The van der Waals surface area contributed by atoms with Crippen molar-refractivity contribution in [2.45, 2.75) is 38.0 Å². The van der Waals surface area contributed by atoms with Gasteiger partial charge in [0.2, 0.25) is 11.8 Å². The highest BCUT2D eigenvalue weighted by Crippen LogP contribution is 2.56. The van der Waals surface area contributed by atoms with E-state index in [0.29, 0.717) is 23.1 Å². The summed E-state index contributed by atoms with van der Waals surface area (Å²) < 4.78 is 0.133. The Balaban J connectivity index is 1.61. The third-order valence-corrected chi connectivity index (χ3v) is 8.61. The molecule has 0 spiro atoms. The number of rotatable bonds is 7. The SMILES string of the molecule is C=CCc1cccc(C2C3=CCC4C(=O)N(CCCC(=O)O)C(=O)C4C3CC3=C2C(=O)C=C(Br)C3=O)c1O. The molecule has 9 heteroatoms. The van der Waals surface area contributed by atoms with E-state index < -0.39 is 29.6 Å². The fourth-order valence-corrected chi connectivity index (χ4v) is 6.85. The van der Waals surface area contributed by atoms with Gasteiger partial charge in [-0.3, -0.25) is 28.9 Å². The molecule has 1 aliphatic heterocycles. The molecule has 0 radical (unpaired) electrons. The number of likely N-dealkylation sites (tertiary alicyclic amines) is 1. The van der Waals surface area contributed by atoms with Gasteiger partial charge in [-0.1, -0.05) is 35.9 Å². The van der Waals surface area contributed by atoms with E-state index in [1.54, 1.807) is 24.3 Å². The molecule has 4 atom stereocenters. The molecule has 1 saturated heterocycles. The lowest BCUT2D eigenvalue weighted by Crippen LogP contribution is -2.39. The number of Topliss-reactive ketones (excluding diaryl/α,β-unsaturated/α-hetero) is 1. The van der Waals surface area contributed by atoms with Gasteiger partial charge in [0, 0.05) is 41.7 Å². The van der Waals surface area contributed by atoms with Gasteiger partial charge in [-0.2, -0.15) is 0 Å². The molecule has 4 aliphatic rings. The van der Waals surface area contributed by atoms with E-state index in [0.717, 1.165) is 10.5 Å². The van der Waals surface area contributed by atoms with Crippen LogP contribution in [0.15, 0.2) is 64.2 Å². The number of carbonyl (C=O) groups is 5. The number of carboxylic acids is 1. The summed E-state index contributed by atoms with van der Waals surface area (Å²) in [6, 6.07) is 5.26. The minimum absolute atomic E-state index is 0.00548. The van der Waals surface area contributed by atoms with Crippen molar-refractivity contribution in [2.24, 2.45) is 17.8 Å². The first-order chi connectivity index (χ1) is 18.1. The second kappa shape index (κ2) is 9.94. The van der Waals surface area contributed by atoms with Crippen LogP contribution < -0.4 is 0 Å². The van der Waals surface area contributed by atoms with Crippen LogP contribution in [0.1, 0.15) is 42.7 Å². The Morgan fingerprint density at radius 2 is 1.92 bits per heavy atom. The summed E-state index contributed by atoms with van der Waals surface area (Å²) in [5.74, 6) is -4.99. The molecule has 2 N–H and O–H groups in total. The van der Waals surface area contributed by atoms with Crippen molar-refractivity contribution < 1.29 is 34.2 Å². The molecule has 5 rings (SSSR count). The van der Waals surface area contributed by atoms with E-state index in [1.165, 1.54) is 6.08 Å². The minimum atomic E-state index is -1.00. The number of aliphatic carboxylic acids is 1. The lowest BCUT2D eigenvalue weighted by Gasteiger charge is -2.42. The maximum absolute atomic E-state index is 13.6. The van der Waals surface area contributed by atoms with E-state index in [-0.39, 0.29) is 71.4 Å². The van der Waals surface area contributed by atoms with Crippen LogP contribution in [-0.4, -0.2) is 51.0 Å². The number of benzene rings is 1. The normalized spacial score (nSPS) is 26.5. The largest absolute Gasteiger partial charge is 0.507 e. The van der Waals surface area contributed by atoms with Gasteiger partial charge in [0.25, 0.3) is 0 Å². The molecule has 8 nitrogen and oxygen atoms in total. The number of carboxylic acid groups (broad SMARTS) is 1. The Bertz CT molecular complexity index is 1400. The zero-order chi connectivity index (χ0) is 27.3. The monoisotopic (exact) mass is 579 g/mol. The molecule has 0 bridgehead atoms. The average Bonchev–Trinajstić information content (AvgIpc) is 3.12. The van der Waals surface area contributed by atoms with Crippen molar-refractivity contribution in [1.82, 2.24) is 4.90 Å². The fourth-order valence-electron chi connectivity index (χ4n) is 6.40. The van der Waals surface area contributed by atoms with Crippen molar-refractivity contribution in [3.05, 3.63) is 75.3 Å². The van der Waals surface area contributed by atoms with Crippen LogP contribution in [-0.2, 0) is 30.4 Å². The number of allylic oxidation sites excluding steroid dienone is 7. The zero-order valence-corrected chi connectivity index (χ0v) is 22.1. The topological polar surface area (TPSA) is 129 Å². The van der Waals surface area contributed by atoms with E-state index >= 15 is 0 Å². The van der Waals surface area contributed by atoms with E-state index in [2.05, 4.69) is 22.5 Å². The Hall–Kier alpha value is -3.59. The number of halogens is 1. The third kappa shape index (κ3) is 4.09. The van der Waals surface area contributed by atoms with Crippen LogP contribution in [0.4, 0.5) is 0 Å². The van der Waals surface area contributed by atoms with Crippen molar-refractivity contribution in [3.8, 4) is 5.75 Å². The van der Waals surface area contributed by atoms with Crippen LogP contribution in [0.3, 0.4) is 0 Å². The van der Waals surface area contributed by atoms with Crippen LogP contribution in [0.2, 0.25) is 0 Å². The van der Waals surface area contributed by atoms with Gasteiger partial charge in [0.05, 0.1) is 16.3 Å².